The molecule has 1 aromatic heterocycles. The van der Waals surface area contributed by atoms with Crippen molar-refractivity contribution in [1.29, 1.82) is 0 Å². The van der Waals surface area contributed by atoms with Crippen LogP contribution in [0.4, 0.5) is 0 Å². The smallest absolute Gasteiger partial charge is 0.341 e. The SMILES string of the molecule is CCOC(=O)c1cnn(C)c1CSCCCO. The second-order valence-electron chi connectivity index (χ2n) is 3.48. The Labute approximate surface area is 105 Å². The van der Waals surface area contributed by atoms with Crippen LogP contribution in [-0.4, -0.2) is 39.8 Å². The van der Waals surface area contributed by atoms with E-state index >= 15 is 0 Å². The molecule has 0 saturated heterocycles. The normalized spacial score (nSPS) is 10.5. The maximum Gasteiger partial charge on any atom is 0.341 e. The zero-order valence-electron chi connectivity index (χ0n) is 10.2. The Bertz CT molecular complexity index is 366. The van der Waals surface area contributed by atoms with E-state index < -0.39 is 0 Å². The summed E-state index contributed by atoms with van der Waals surface area (Å²) in [5.41, 5.74) is 1.40. The number of hydrogen-bond donors (Lipinski definition) is 1. The molecule has 0 fully saturated rings. The van der Waals surface area contributed by atoms with Crippen molar-refractivity contribution in [1.82, 2.24) is 9.78 Å². The van der Waals surface area contributed by atoms with E-state index in [0.29, 0.717) is 17.9 Å². The van der Waals surface area contributed by atoms with Crippen molar-refractivity contribution in [3.63, 3.8) is 0 Å². The van der Waals surface area contributed by atoms with Crippen molar-refractivity contribution in [3.05, 3.63) is 17.5 Å². The van der Waals surface area contributed by atoms with Gasteiger partial charge >= 0.3 is 5.97 Å². The highest BCUT2D eigenvalue weighted by Crippen LogP contribution is 2.17. The van der Waals surface area contributed by atoms with Gasteiger partial charge in [0.1, 0.15) is 5.56 Å². The van der Waals surface area contributed by atoms with E-state index in [1.165, 1.54) is 0 Å². The summed E-state index contributed by atoms with van der Waals surface area (Å²) in [4.78, 5) is 11.6. The molecule has 1 rings (SSSR count). The Morgan fingerprint density at radius 3 is 3.06 bits per heavy atom. The van der Waals surface area contributed by atoms with Crippen molar-refractivity contribution < 1.29 is 14.6 Å². The van der Waals surface area contributed by atoms with Crippen molar-refractivity contribution in [2.75, 3.05) is 19.0 Å². The van der Waals surface area contributed by atoms with E-state index in [2.05, 4.69) is 5.10 Å². The third-order valence-corrected chi connectivity index (χ3v) is 3.30. The fraction of sp³-hybridized carbons (Fsp3) is 0.636. The molecule has 96 valence electrons. The lowest BCUT2D eigenvalue weighted by atomic mass is 10.3. The Kier molecular flexibility index (Phi) is 6.07. The number of hydrogen-bond acceptors (Lipinski definition) is 5. The number of rotatable bonds is 7. The number of aromatic nitrogens is 2. The number of thioether (sulfide) groups is 1. The van der Waals surface area contributed by atoms with Crippen LogP contribution < -0.4 is 0 Å². The Morgan fingerprint density at radius 2 is 2.41 bits per heavy atom. The largest absolute Gasteiger partial charge is 0.462 e. The zero-order chi connectivity index (χ0) is 12.7. The summed E-state index contributed by atoms with van der Waals surface area (Å²) >= 11 is 1.67. The minimum atomic E-state index is -0.321. The van der Waals surface area contributed by atoms with Crippen LogP contribution in [0.5, 0.6) is 0 Å². The Hall–Kier alpha value is -1.01. The lowest BCUT2D eigenvalue weighted by Gasteiger charge is -2.05. The van der Waals surface area contributed by atoms with E-state index in [0.717, 1.165) is 17.9 Å². The molecule has 5 nitrogen and oxygen atoms in total. The maximum absolute atomic E-state index is 11.6. The summed E-state index contributed by atoms with van der Waals surface area (Å²) in [6, 6.07) is 0. The quantitative estimate of drug-likeness (QED) is 0.588. The first-order valence-corrected chi connectivity index (χ1v) is 6.72. The molecule has 0 unspecified atom stereocenters. The molecular weight excluding hydrogens is 240 g/mol. The van der Waals surface area contributed by atoms with Gasteiger partial charge < -0.3 is 9.84 Å². The maximum atomic E-state index is 11.6. The zero-order valence-corrected chi connectivity index (χ0v) is 11.0. The van der Waals surface area contributed by atoms with Crippen LogP contribution in [0.1, 0.15) is 29.4 Å². The molecule has 17 heavy (non-hydrogen) atoms. The number of carbonyl (C=O) groups is 1. The summed E-state index contributed by atoms with van der Waals surface area (Å²) in [7, 11) is 1.81. The van der Waals surface area contributed by atoms with Gasteiger partial charge in [-0.05, 0) is 19.1 Å². The molecule has 1 aromatic rings. The second-order valence-corrected chi connectivity index (χ2v) is 4.58. The van der Waals surface area contributed by atoms with Gasteiger partial charge in [-0.15, -0.1) is 0 Å². The average Bonchev–Trinajstić information content (AvgIpc) is 2.67. The van der Waals surface area contributed by atoms with E-state index in [1.807, 2.05) is 7.05 Å². The Morgan fingerprint density at radius 1 is 1.65 bits per heavy atom. The third-order valence-electron chi connectivity index (χ3n) is 2.24. The summed E-state index contributed by atoms with van der Waals surface area (Å²) in [5.74, 6) is 1.24. The molecule has 0 atom stereocenters. The average molecular weight is 258 g/mol. The van der Waals surface area contributed by atoms with Crippen LogP contribution in [0.2, 0.25) is 0 Å². The second kappa shape index (κ2) is 7.34. The van der Waals surface area contributed by atoms with Gasteiger partial charge in [-0.1, -0.05) is 0 Å². The van der Waals surface area contributed by atoms with Gasteiger partial charge in [-0.25, -0.2) is 4.79 Å². The third kappa shape index (κ3) is 4.05. The molecular formula is C11H18N2O3S. The van der Waals surface area contributed by atoms with E-state index in [4.69, 9.17) is 9.84 Å². The monoisotopic (exact) mass is 258 g/mol. The molecule has 0 bridgehead atoms. The fourth-order valence-electron chi connectivity index (χ4n) is 1.35. The molecule has 1 N–H and O–H groups in total. The number of aryl methyl sites for hydroxylation is 1. The number of esters is 1. The molecule has 0 spiro atoms. The van der Waals surface area contributed by atoms with Crippen molar-refractivity contribution in [3.8, 4) is 0 Å². The highest BCUT2D eigenvalue weighted by atomic mass is 32.2. The molecule has 0 aromatic carbocycles. The number of nitrogens with zero attached hydrogens (tertiary/aromatic N) is 2. The van der Waals surface area contributed by atoms with Gasteiger partial charge in [0.05, 0.1) is 18.5 Å². The van der Waals surface area contributed by atoms with E-state index in [9.17, 15) is 4.79 Å². The van der Waals surface area contributed by atoms with Gasteiger partial charge in [0.2, 0.25) is 0 Å². The predicted octanol–water partition coefficient (Wildman–Crippen LogP) is 1.21. The van der Waals surface area contributed by atoms with Crippen LogP contribution in [0.25, 0.3) is 0 Å². The van der Waals surface area contributed by atoms with Crippen LogP contribution in [0, 0.1) is 0 Å². The summed E-state index contributed by atoms with van der Waals surface area (Å²) in [5, 5.41) is 12.8. The van der Waals surface area contributed by atoms with Gasteiger partial charge in [0, 0.05) is 19.4 Å². The first-order chi connectivity index (χ1) is 8.20. The minimum Gasteiger partial charge on any atom is -0.462 e. The Balaban J connectivity index is 2.63. The molecule has 0 amide bonds. The van der Waals surface area contributed by atoms with Gasteiger partial charge in [0.25, 0.3) is 0 Å². The fourth-order valence-corrected chi connectivity index (χ4v) is 2.36. The summed E-state index contributed by atoms with van der Waals surface area (Å²) in [6.07, 6.45) is 2.30. The van der Waals surface area contributed by atoms with Crippen LogP contribution in [0.3, 0.4) is 0 Å². The number of carbonyl (C=O) groups excluding carboxylic acids is 1. The highest BCUT2D eigenvalue weighted by Gasteiger charge is 2.16. The van der Waals surface area contributed by atoms with Crippen molar-refractivity contribution >= 4 is 17.7 Å². The number of aliphatic hydroxyl groups is 1. The molecule has 0 aliphatic rings. The minimum absolute atomic E-state index is 0.198. The molecule has 6 heteroatoms. The molecule has 0 saturated carbocycles. The molecule has 1 heterocycles. The van der Waals surface area contributed by atoms with E-state index in [-0.39, 0.29) is 12.6 Å². The highest BCUT2D eigenvalue weighted by molar-refractivity contribution is 7.98. The van der Waals surface area contributed by atoms with Crippen LogP contribution in [0.15, 0.2) is 6.20 Å². The summed E-state index contributed by atoms with van der Waals surface area (Å²) < 4.78 is 6.66. The van der Waals surface area contributed by atoms with Gasteiger partial charge in [-0.3, -0.25) is 4.68 Å². The van der Waals surface area contributed by atoms with Crippen molar-refractivity contribution in [2.45, 2.75) is 19.1 Å². The standard InChI is InChI=1S/C11H18N2O3S/c1-3-16-11(15)9-7-12-13(2)10(9)8-17-6-4-5-14/h7,14H,3-6,8H2,1-2H3. The van der Waals surface area contributed by atoms with Gasteiger partial charge in [-0.2, -0.15) is 16.9 Å². The molecule has 0 radical (unpaired) electrons. The number of aliphatic hydroxyl groups excluding tert-OH is 1. The predicted molar refractivity (Wildman–Crippen MR) is 67.0 cm³/mol. The van der Waals surface area contributed by atoms with Gasteiger partial charge in [0.15, 0.2) is 0 Å². The van der Waals surface area contributed by atoms with Crippen LogP contribution in [-0.2, 0) is 17.5 Å². The van der Waals surface area contributed by atoms with Crippen molar-refractivity contribution in [2.24, 2.45) is 7.05 Å². The summed E-state index contributed by atoms with van der Waals surface area (Å²) in [6.45, 7) is 2.35. The van der Waals surface area contributed by atoms with E-state index in [1.54, 1.807) is 29.6 Å². The van der Waals surface area contributed by atoms with Crippen LogP contribution >= 0.6 is 11.8 Å². The lowest BCUT2D eigenvalue weighted by molar-refractivity contribution is 0.0525. The number of ether oxygens (including phenoxy) is 1. The first-order valence-electron chi connectivity index (χ1n) is 5.57. The first kappa shape index (κ1) is 14.1. The molecule has 0 aliphatic heterocycles. The lowest BCUT2D eigenvalue weighted by Crippen LogP contribution is -2.08. The molecule has 0 aliphatic carbocycles. The topological polar surface area (TPSA) is 64.3 Å².